The van der Waals surface area contributed by atoms with Gasteiger partial charge in [0, 0.05) is 16.5 Å². The number of nitrogens with zero attached hydrogens (tertiary/aromatic N) is 2. The third-order valence-corrected chi connectivity index (χ3v) is 5.43. The van der Waals surface area contributed by atoms with Crippen molar-refractivity contribution in [2.24, 2.45) is 0 Å². The van der Waals surface area contributed by atoms with Crippen LogP contribution in [-0.2, 0) is 6.54 Å². The van der Waals surface area contributed by atoms with Crippen molar-refractivity contribution in [3.63, 3.8) is 0 Å². The zero-order chi connectivity index (χ0) is 19.7. The lowest BCUT2D eigenvalue weighted by Gasteiger charge is -2.12. The Morgan fingerprint density at radius 3 is 2.61 bits per heavy atom. The Hall–Kier alpha value is -3.19. The van der Waals surface area contributed by atoms with Crippen LogP contribution in [0.2, 0.25) is 0 Å². The zero-order valence-electron chi connectivity index (χ0n) is 15.3. The summed E-state index contributed by atoms with van der Waals surface area (Å²) in [5.74, 6) is 1.03. The van der Waals surface area contributed by atoms with Gasteiger partial charge >= 0.3 is 0 Å². The fraction of sp³-hybridized carbons (Fsp3) is 0.143. The van der Waals surface area contributed by atoms with Crippen molar-refractivity contribution in [3.8, 4) is 22.6 Å². The van der Waals surface area contributed by atoms with Gasteiger partial charge < -0.3 is 9.47 Å². The van der Waals surface area contributed by atoms with E-state index in [-0.39, 0.29) is 11.4 Å². The average Bonchev–Trinajstić information content (AvgIpc) is 3.15. The molecule has 0 radical (unpaired) electrons. The summed E-state index contributed by atoms with van der Waals surface area (Å²) in [6, 6.07) is 11.5. The quantitative estimate of drug-likeness (QED) is 0.504. The highest BCUT2D eigenvalue weighted by Crippen LogP contribution is 2.31. The summed E-state index contributed by atoms with van der Waals surface area (Å²) in [7, 11) is 3.17. The van der Waals surface area contributed by atoms with Crippen LogP contribution in [0.5, 0.6) is 11.5 Å². The van der Waals surface area contributed by atoms with E-state index in [1.807, 2.05) is 11.4 Å². The number of ether oxygens (including phenoxy) is 2. The molecule has 0 bridgehead atoms. The summed E-state index contributed by atoms with van der Waals surface area (Å²) >= 11 is 1.39. The molecule has 2 aromatic carbocycles. The molecule has 142 valence electrons. The van der Waals surface area contributed by atoms with Gasteiger partial charge in [-0.15, -0.1) is 11.3 Å². The lowest BCUT2D eigenvalue weighted by Crippen LogP contribution is -2.21. The summed E-state index contributed by atoms with van der Waals surface area (Å²) in [5.41, 5.74) is 2.19. The topological polar surface area (TPSA) is 53.4 Å². The average molecular weight is 396 g/mol. The third-order valence-electron chi connectivity index (χ3n) is 4.54. The maximum Gasteiger partial charge on any atom is 0.263 e. The van der Waals surface area contributed by atoms with Gasteiger partial charge in [0.2, 0.25) is 0 Å². The first-order chi connectivity index (χ1) is 13.6. The predicted octanol–water partition coefficient (Wildman–Crippen LogP) is 4.33. The molecular weight excluding hydrogens is 379 g/mol. The summed E-state index contributed by atoms with van der Waals surface area (Å²) < 4.78 is 25.5. The van der Waals surface area contributed by atoms with E-state index >= 15 is 0 Å². The van der Waals surface area contributed by atoms with Crippen molar-refractivity contribution in [1.29, 1.82) is 0 Å². The molecule has 0 saturated carbocycles. The first-order valence-electron chi connectivity index (χ1n) is 8.54. The third kappa shape index (κ3) is 3.25. The van der Waals surface area contributed by atoms with E-state index in [0.717, 1.165) is 16.7 Å². The van der Waals surface area contributed by atoms with Crippen molar-refractivity contribution in [1.82, 2.24) is 9.55 Å². The minimum absolute atomic E-state index is 0.157. The highest BCUT2D eigenvalue weighted by Gasteiger charge is 2.15. The normalized spacial score (nSPS) is 11.0. The van der Waals surface area contributed by atoms with Gasteiger partial charge in [-0.05, 0) is 35.9 Å². The Bertz CT molecular complexity index is 1200. The van der Waals surface area contributed by atoms with E-state index < -0.39 is 0 Å². The van der Waals surface area contributed by atoms with Crippen LogP contribution in [0.25, 0.3) is 21.3 Å². The molecule has 0 aliphatic rings. The summed E-state index contributed by atoms with van der Waals surface area (Å²) in [4.78, 5) is 18.3. The lowest BCUT2D eigenvalue weighted by molar-refractivity contribution is 0.397. The molecule has 0 N–H and O–H groups in total. The van der Waals surface area contributed by atoms with E-state index in [9.17, 15) is 9.18 Å². The molecule has 0 aliphatic heterocycles. The minimum atomic E-state index is -0.316. The number of thiophene rings is 1. The fourth-order valence-corrected chi connectivity index (χ4v) is 4.02. The summed E-state index contributed by atoms with van der Waals surface area (Å²) in [6.07, 6.45) is 1.54. The van der Waals surface area contributed by atoms with Gasteiger partial charge in [0.05, 0.1) is 32.5 Å². The van der Waals surface area contributed by atoms with E-state index in [4.69, 9.17) is 9.47 Å². The van der Waals surface area contributed by atoms with Crippen molar-refractivity contribution < 1.29 is 13.9 Å². The largest absolute Gasteiger partial charge is 0.497 e. The van der Waals surface area contributed by atoms with Crippen LogP contribution in [0.4, 0.5) is 4.39 Å². The van der Waals surface area contributed by atoms with Crippen LogP contribution < -0.4 is 15.0 Å². The lowest BCUT2D eigenvalue weighted by atomic mass is 10.1. The standard InChI is InChI=1S/C21H17FN2O3S/c1-26-16-7-8-18(27-2)14(9-16)10-24-12-23-20-19(21(24)25)17(11-28-20)13-3-5-15(22)6-4-13/h3-9,11-12H,10H2,1-2H3. The van der Waals surface area contributed by atoms with Crippen molar-refractivity contribution >= 4 is 21.6 Å². The number of rotatable bonds is 5. The molecule has 7 heteroatoms. The predicted molar refractivity (Wildman–Crippen MR) is 108 cm³/mol. The molecule has 2 aromatic heterocycles. The number of aromatic nitrogens is 2. The zero-order valence-corrected chi connectivity index (χ0v) is 16.1. The number of methoxy groups -OCH3 is 2. The summed E-state index contributed by atoms with van der Waals surface area (Å²) in [6.45, 7) is 0.293. The van der Waals surface area contributed by atoms with Gasteiger partial charge in [-0.25, -0.2) is 9.37 Å². The van der Waals surface area contributed by atoms with Crippen LogP contribution in [0, 0.1) is 5.82 Å². The van der Waals surface area contributed by atoms with Crippen LogP contribution in [0.1, 0.15) is 5.56 Å². The minimum Gasteiger partial charge on any atom is -0.497 e. The number of benzene rings is 2. The number of hydrogen-bond donors (Lipinski definition) is 0. The van der Waals surface area contributed by atoms with Gasteiger partial charge in [0.1, 0.15) is 22.1 Å². The fourth-order valence-electron chi connectivity index (χ4n) is 3.11. The second kappa shape index (κ2) is 7.44. The van der Waals surface area contributed by atoms with Crippen LogP contribution >= 0.6 is 11.3 Å². The molecule has 2 heterocycles. The monoisotopic (exact) mass is 396 g/mol. The van der Waals surface area contributed by atoms with E-state index in [1.54, 1.807) is 43.1 Å². The van der Waals surface area contributed by atoms with Crippen LogP contribution in [-0.4, -0.2) is 23.8 Å². The number of hydrogen-bond acceptors (Lipinski definition) is 5. The molecule has 0 fully saturated rings. The molecule has 0 aliphatic carbocycles. The van der Waals surface area contributed by atoms with Gasteiger partial charge in [-0.1, -0.05) is 12.1 Å². The highest BCUT2D eigenvalue weighted by molar-refractivity contribution is 7.17. The Labute approximate surface area is 164 Å². The SMILES string of the molecule is COc1ccc(OC)c(Cn2cnc3scc(-c4ccc(F)cc4)c3c2=O)c1. The Kier molecular flexibility index (Phi) is 4.83. The van der Waals surface area contributed by atoms with Gasteiger partial charge in [-0.2, -0.15) is 0 Å². The van der Waals surface area contributed by atoms with Crippen molar-refractivity contribution in [2.75, 3.05) is 14.2 Å². The van der Waals surface area contributed by atoms with Crippen LogP contribution in [0.3, 0.4) is 0 Å². The van der Waals surface area contributed by atoms with E-state index in [1.165, 1.54) is 29.8 Å². The highest BCUT2D eigenvalue weighted by atomic mass is 32.1. The van der Waals surface area contributed by atoms with Crippen LogP contribution in [0.15, 0.2) is 59.0 Å². The Morgan fingerprint density at radius 1 is 1.11 bits per heavy atom. The smallest absolute Gasteiger partial charge is 0.263 e. The Balaban J connectivity index is 1.82. The van der Waals surface area contributed by atoms with Gasteiger partial charge in [0.25, 0.3) is 5.56 Å². The van der Waals surface area contributed by atoms with E-state index in [2.05, 4.69) is 4.98 Å². The molecule has 4 aromatic rings. The van der Waals surface area contributed by atoms with Crippen molar-refractivity contribution in [2.45, 2.75) is 6.54 Å². The molecule has 0 unspecified atom stereocenters. The first kappa shape index (κ1) is 18.2. The maximum atomic E-state index is 13.3. The maximum absolute atomic E-state index is 13.3. The molecule has 0 atom stereocenters. The molecule has 0 saturated heterocycles. The molecular formula is C21H17FN2O3S. The van der Waals surface area contributed by atoms with Gasteiger partial charge in [-0.3, -0.25) is 9.36 Å². The number of halogens is 1. The molecule has 0 spiro atoms. The second-order valence-electron chi connectivity index (χ2n) is 6.19. The molecule has 0 amide bonds. The van der Waals surface area contributed by atoms with Gasteiger partial charge in [0.15, 0.2) is 0 Å². The first-order valence-corrected chi connectivity index (χ1v) is 9.42. The molecule has 28 heavy (non-hydrogen) atoms. The molecule has 5 nitrogen and oxygen atoms in total. The summed E-state index contributed by atoms with van der Waals surface area (Å²) in [5, 5.41) is 2.41. The second-order valence-corrected chi connectivity index (χ2v) is 7.05. The number of fused-ring (bicyclic) bond motifs is 1. The van der Waals surface area contributed by atoms with E-state index in [0.29, 0.717) is 28.3 Å². The van der Waals surface area contributed by atoms with Crippen molar-refractivity contribution in [3.05, 3.63) is 75.9 Å². The Morgan fingerprint density at radius 2 is 1.89 bits per heavy atom. The molecule has 4 rings (SSSR count).